The van der Waals surface area contributed by atoms with Gasteiger partial charge in [-0.3, -0.25) is 9.78 Å². The van der Waals surface area contributed by atoms with E-state index in [0.717, 1.165) is 0 Å². The Kier molecular flexibility index (Phi) is 3.18. The quantitative estimate of drug-likeness (QED) is 0.822. The number of piperidine rings is 1. The summed E-state index contributed by atoms with van der Waals surface area (Å²) < 4.78 is 0. The molecule has 1 aromatic rings. The van der Waals surface area contributed by atoms with Gasteiger partial charge in [0, 0.05) is 25.5 Å². The molecule has 2 N–H and O–H groups in total. The first-order valence-corrected chi connectivity index (χ1v) is 5.68. The number of carboxylic acids is 1. The molecule has 0 unspecified atom stereocenters. The summed E-state index contributed by atoms with van der Waals surface area (Å²) >= 11 is 0. The Hall–Kier alpha value is -2.11. The smallest absolute Gasteiger partial charge is 0.407 e. The largest absolute Gasteiger partial charge is 0.481 e. The first-order chi connectivity index (χ1) is 8.56. The number of carboxylic acid groups (broad SMARTS) is 2. The predicted octanol–water partition coefficient (Wildman–Crippen LogP) is 1.18. The molecular formula is C12H14N2O4. The monoisotopic (exact) mass is 250 g/mol. The average molecular weight is 250 g/mol. The van der Waals surface area contributed by atoms with Gasteiger partial charge < -0.3 is 15.1 Å². The van der Waals surface area contributed by atoms with E-state index in [1.807, 2.05) is 0 Å². The van der Waals surface area contributed by atoms with Crippen molar-refractivity contribution in [1.29, 1.82) is 0 Å². The molecule has 0 aliphatic carbocycles. The van der Waals surface area contributed by atoms with Crippen molar-refractivity contribution in [3.63, 3.8) is 0 Å². The van der Waals surface area contributed by atoms with Gasteiger partial charge >= 0.3 is 12.1 Å². The maximum Gasteiger partial charge on any atom is 0.407 e. The molecule has 1 amide bonds. The summed E-state index contributed by atoms with van der Waals surface area (Å²) in [6.07, 6.45) is 2.69. The number of hydrogen-bond donors (Lipinski definition) is 2. The van der Waals surface area contributed by atoms with E-state index in [4.69, 9.17) is 5.11 Å². The molecular weight excluding hydrogens is 236 g/mol. The Morgan fingerprint density at radius 2 is 1.94 bits per heavy atom. The van der Waals surface area contributed by atoms with Gasteiger partial charge in [0.15, 0.2) is 0 Å². The predicted molar refractivity (Wildman–Crippen MR) is 62.4 cm³/mol. The third kappa shape index (κ3) is 2.01. The number of rotatable bonds is 2. The zero-order valence-electron chi connectivity index (χ0n) is 9.74. The lowest BCUT2D eigenvalue weighted by Crippen LogP contribution is -2.48. The van der Waals surface area contributed by atoms with Crippen LogP contribution in [-0.4, -0.2) is 45.2 Å². The molecule has 0 spiro atoms. The number of likely N-dealkylation sites (tertiary alicyclic amines) is 1. The van der Waals surface area contributed by atoms with Gasteiger partial charge in [-0.1, -0.05) is 6.07 Å². The summed E-state index contributed by atoms with van der Waals surface area (Å²) in [6.45, 7) is 0.465. The maximum atomic E-state index is 11.6. The van der Waals surface area contributed by atoms with Gasteiger partial charge in [0.1, 0.15) is 0 Å². The summed E-state index contributed by atoms with van der Waals surface area (Å²) in [5.74, 6) is -0.916. The van der Waals surface area contributed by atoms with Crippen LogP contribution in [0.5, 0.6) is 0 Å². The van der Waals surface area contributed by atoms with Crippen LogP contribution in [0.3, 0.4) is 0 Å². The third-order valence-corrected chi connectivity index (χ3v) is 3.51. The second kappa shape index (κ2) is 4.64. The fourth-order valence-electron chi connectivity index (χ4n) is 2.35. The standard InChI is InChI=1S/C12H14N2O4/c15-10(16)12(9-2-1-5-13-8-9)3-6-14(7-4-12)11(17)18/h1-2,5,8H,3-4,6-7H2,(H,15,16)(H,17,18). The molecule has 1 aromatic heterocycles. The first kappa shape index (κ1) is 12.3. The highest BCUT2D eigenvalue weighted by Gasteiger charge is 2.44. The van der Waals surface area contributed by atoms with E-state index in [1.54, 1.807) is 24.5 Å². The van der Waals surface area contributed by atoms with Crippen molar-refractivity contribution in [1.82, 2.24) is 9.88 Å². The van der Waals surface area contributed by atoms with Crippen LogP contribution in [-0.2, 0) is 10.2 Å². The number of nitrogens with zero attached hydrogens (tertiary/aromatic N) is 2. The summed E-state index contributed by atoms with van der Waals surface area (Å²) in [7, 11) is 0. The van der Waals surface area contributed by atoms with Gasteiger partial charge in [-0.25, -0.2) is 4.79 Å². The van der Waals surface area contributed by atoms with Crippen LogP contribution in [0.4, 0.5) is 4.79 Å². The van der Waals surface area contributed by atoms with E-state index in [9.17, 15) is 14.7 Å². The summed E-state index contributed by atoms with van der Waals surface area (Å²) in [4.78, 5) is 27.6. The molecule has 0 radical (unpaired) electrons. The lowest BCUT2D eigenvalue weighted by molar-refractivity contribution is -0.145. The lowest BCUT2D eigenvalue weighted by Gasteiger charge is -2.37. The second-order valence-corrected chi connectivity index (χ2v) is 4.40. The molecule has 1 fully saturated rings. The second-order valence-electron chi connectivity index (χ2n) is 4.40. The van der Waals surface area contributed by atoms with E-state index < -0.39 is 17.5 Å². The van der Waals surface area contributed by atoms with Crippen LogP contribution in [0.15, 0.2) is 24.5 Å². The minimum Gasteiger partial charge on any atom is -0.481 e. The minimum absolute atomic E-state index is 0.233. The van der Waals surface area contributed by atoms with Crippen molar-refractivity contribution in [2.45, 2.75) is 18.3 Å². The Morgan fingerprint density at radius 3 is 2.39 bits per heavy atom. The van der Waals surface area contributed by atoms with Crippen LogP contribution in [0.25, 0.3) is 0 Å². The molecule has 96 valence electrons. The molecule has 1 aliphatic heterocycles. The summed E-state index contributed by atoms with van der Waals surface area (Å²) in [5, 5.41) is 18.4. The van der Waals surface area contributed by atoms with Crippen LogP contribution in [0.2, 0.25) is 0 Å². The topological polar surface area (TPSA) is 90.7 Å². The van der Waals surface area contributed by atoms with Gasteiger partial charge in [-0.2, -0.15) is 0 Å². The van der Waals surface area contributed by atoms with E-state index in [2.05, 4.69) is 4.98 Å². The molecule has 6 nitrogen and oxygen atoms in total. The van der Waals surface area contributed by atoms with Crippen LogP contribution >= 0.6 is 0 Å². The van der Waals surface area contributed by atoms with Crippen molar-refractivity contribution in [3.8, 4) is 0 Å². The van der Waals surface area contributed by atoms with Crippen LogP contribution in [0.1, 0.15) is 18.4 Å². The highest BCUT2D eigenvalue weighted by molar-refractivity contribution is 5.82. The van der Waals surface area contributed by atoms with Crippen LogP contribution < -0.4 is 0 Å². The Morgan fingerprint density at radius 1 is 1.28 bits per heavy atom. The van der Waals surface area contributed by atoms with E-state index in [1.165, 1.54) is 4.90 Å². The number of aromatic nitrogens is 1. The molecule has 0 aromatic carbocycles. The summed E-state index contributed by atoms with van der Waals surface area (Å²) in [6, 6.07) is 3.43. The molecule has 1 saturated heterocycles. The highest BCUT2D eigenvalue weighted by Crippen LogP contribution is 2.35. The molecule has 2 rings (SSSR count). The zero-order chi connectivity index (χ0) is 13.2. The molecule has 2 heterocycles. The van der Waals surface area contributed by atoms with Crippen molar-refractivity contribution in [3.05, 3.63) is 30.1 Å². The maximum absolute atomic E-state index is 11.6. The lowest BCUT2D eigenvalue weighted by atomic mass is 9.73. The Bertz CT molecular complexity index is 452. The summed E-state index contributed by atoms with van der Waals surface area (Å²) in [5.41, 5.74) is -0.372. The molecule has 0 bridgehead atoms. The number of amides is 1. The molecule has 6 heteroatoms. The van der Waals surface area contributed by atoms with Crippen molar-refractivity contribution >= 4 is 12.1 Å². The van der Waals surface area contributed by atoms with Gasteiger partial charge in [0.2, 0.25) is 0 Å². The zero-order valence-corrected chi connectivity index (χ0v) is 9.74. The molecule has 18 heavy (non-hydrogen) atoms. The number of pyridine rings is 1. The van der Waals surface area contributed by atoms with Crippen molar-refractivity contribution < 1.29 is 19.8 Å². The van der Waals surface area contributed by atoms with Crippen molar-refractivity contribution in [2.24, 2.45) is 0 Å². The minimum atomic E-state index is -1.01. The average Bonchev–Trinajstić information content (AvgIpc) is 2.39. The molecule has 0 saturated carbocycles. The number of hydrogen-bond acceptors (Lipinski definition) is 3. The molecule has 1 aliphatic rings. The van der Waals surface area contributed by atoms with Crippen molar-refractivity contribution in [2.75, 3.05) is 13.1 Å². The Labute approximate surface area is 104 Å². The fraction of sp³-hybridized carbons (Fsp3) is 0.417. The van der Waals surface area contributed by atoms with E-state index >= 15 is 0 Å². The van der Waals surface area contributed by atoms with Gasteiger partial charge in [-0.15, -0.1) is 0 Å². The van der Waals surface area contributed by atoms with E-state index in [-0.39, 0.29) is 25.9 Å². The Balaban J connectivity index is 2.27. The number of carbonyl (C=O) groups is 2. The van der Waals surface area contributed by atoms with Crippen LogP contribution in [0, 0.1) is 0 Å². The highest BCUT2D eigenvalue weighted by atomic mass is 16.4. The number of aliphatic carboxylic acids is 1. The van der Waals surface area contributed by atoms with Gasteiger partial charge in [0.05, 0.1) is 5.41 Å². The first-order valence-electron chi connectivity index (χ1n) is 5.68. The molecule has 0 atom stereocenters. The van der Waals surface area contributed by atoms with E-state index in [0.29, 0.717) is 5.56 Å². The fourth-order valence-corrected chi connectivity index (χ4v) is 2.35. The SMILES string of the molecule is O=C(O)N1CCC(C(=O)O)(c2cccnc2)CC1. The van der Waals surface area contributed by atoms with Gasteiger partial charge in [0.25, 0.3) is 0 Å². The normalized spacial score (nSPS) is 18.3. The van der Waals surface area contributed by atoms with Gasteiger partial charge in [-0.05, 0) is 24.5 Å². The third-order valence-electron chi connectivity index (χ3n) is 3.51.